The summed E-state index contributed by atoms with van der Waals surface area (Å²) in [6.45, 7) is 0. The lowest BCUT2D eigenvalue weighted by Gasteiger charge is -2.05. The molecule has 2 aromatic heterocycles. The molecule has 0 amide bonds. The van der Waals surface area contributed by atoms with Gasteiger partial charge in [-0.2, -0.15) is 0 Å². The number of fused-ring (bicyclic) bond motifs is 1. The van der Waals surface area contributed by atoms with Crippen LogP contribution in [0.3, 0.4) is 0 Å². The highest BCUT2D eigenvalue weighted by Crippen LogP contribution is 2.27. The lowest BCUT2D eigenvalue weighted by atomic mass is 10.1. The molecule has 20 heavy (non-hydrogen) atoms. The van der Waals surface area contributed by atoms with E-state index in [1.54, 1.807) is 28.7 Å². The van der Waals surface area contributed by atoms with Crippen LogP contribution < -0.4 is 5.73 Å². The molecule has 0 saturated heterocycles. The molecule has 0 bridgehead atoms. The first-order valence-corrected chi connectivity index (χ1v) is 7.52. The SMILES string of the molecule is Nc1cccc2c(Br)cc(C(=O)c3ccc(Br)cc3)n12. The fraction of sp³-hybridized carbons (Fsp3) is 0. The summed E-state index contributed by atoms with van der Waals surface area (Å²) < 4.78 is 3.55. The number of rotatable bonds is 2. The monoisotopic (exact) mass is 392 g/mol. The normalized spacial score (nSPS) is 10.9. The largest absolute Gasteiger partial charge is 0.385 e. The number of nitrogen functional groups attached to an aromatic ring is 1. The number of hydrogen-bond acceptors (Lipinski definition) is 2. The van der Waals surface area contributed by atoms with E-state index in [2.05, 4.69) is 31.9 Å². The van der Waals surface area contributed by atoms with Crippen LogP contribution in [0, 0.1) is 0 Å². The number of anilines is 1. The molecule has 0 radical (unpaired) electrons. The Bertz CT molecular complexity index is 807. The van der Waals surface area contributed by atoms with Crippen LogP contribution in [0.5, 0.6) is 0 Å². The maximum absolute atomic E-state index is 12.6. The van der Waals surface area contributed by atoms with E-state index in [-0.39, 0.29) is 5.78 Å². The Kier molecular flexibility index (Phi) is 3.40. The third kappa shape index (κ3) is 2.17. The van der Waals surface area contributed by atoms with Gasteiger partial charge in [-0.1, -0.05) is 22.0 Å². The van der Waals surface area contributed by atoms with Gasteiger partial charge in [0.1, 0.15) is 5.82 Å². The highest BCUT2D eigenvalue weighted by molar-refractivity contribution is 9.11. The number of carbonyl (C=O) groups excluding carboxylic acids is 1. The quantitative estimate of drug-likeness (QED) is 0.660. The molecule has 0 atom stereocenters. The minimum absolute atomic E-state index is 0.0592. The number of benzene rings is 1. The van der Waals surface area contributed by atoms with Gasteiger partial charge in [-0.05, 0) is 58.4 Å². The zero-order valence-electron chi connectivity index (χ0n) is 10.3. The highest BCUT2D eigenvalue weighted by atomic mass is 79.9. The van der Waals surface area contributed by atoms with Gasteiger partial charge in [0.25, 0.3) is 0 Å². The Morgan fingerprint density at radius 3 is 2.45 bits per heavy atom. The number of ketones is 1. The van der Waals surface area contributed by atoms with Crippen molar-refractivity contribution in [3.05, 3.63) is 68.7 Å². The van der Waals surface area contributed by atoms with E-state index in [1.807, 2.05) is 24.3 Å². The molecule has 5 heteroatoms. The molecule has 0 spiro atoms. The average molecular weight is 394 g/mol. The Morgan fingerprint density at radius 2 is 1.75 bits per heavy atom. The van der Waals surface area contributed by atoms with Crippen LogP contribution >= 0.6 is 31.9 Å². The number of nitrogens with zero attached hydrogens (tertiary/aromatic N) is 1. The molecule has 3 nitrogen and oxygen atoms in total. The van der Waals surface area contributed by atoms with Crippen molar-refractivity contribution in [3.63, 3.8) is 0 Å². The van der Waals surface area contributed by atoms with Gasteiger partial charge >= 0.3 is 0 Å². The maximum Gasteiger partial charge on any atom is 0.209 e. The number of hydrogen-bond donors (Lipinski definition) is 1. The second kappa shape index (κ2) is 5.07. The van der Waals surface area contributed by atoms with Gasteiger partial charge in [-0.3, -0.25) is 9.20 Å². The van der Waals surface area contributed by atoms with E-state index < -0.39 is 0 Å². The topological polar surface area (TPSA) is 47.5 Å². The summed E-state index contributed by atoms with van der Waals surface area (Å²) in [4.78, 5) is 12.6. The van der Waals surface area contributed by atoms with E-state index in [0.29, 0.717) is 17.1 Å². The van der Waals surface area contributed by atoms with Crippen molar-refractivity contribution in [3.8, 4) is 0 Å². The van der Waals surface area contributed by atoms with Crippen molar-refractivity contribution in [2.75, 3.05) is 5.73 Å². The van der Waals surface area contributed by atoms with Crippen LogP contribution in [0.15, 0.2) is 57.5 Å². The molecule has 2 N–H and O–H groups in total. The first kappa shape index (κ1) is 13.4. The minimum Gasteiger partial charge on any atom is -0.385 e. The molecule has 0 aliphatic heterocycles. The van der Waals surface area contributed by atoms with E-state index in [9.17, 15) is 4.79 Å². The minimum atomic E-state index is -0.0592. The molecule has 1 aromatic carbocycles. The third-order valence-corrected chi connectivity index (χ3v) is 4.27. The van der Waals surface area contributed by atoms with E-state index in [4.69, 9.17) is 5.73 Å². The standard InChI is InChI=1S/C15H10Br2N2O/c16-10-6-4-9(5-7-10)15(20)13-8-11(17)12-2-1-3-14(18)19(12)13/h1-8H,18H2. The predicted molar refractivity (Wildman–Crippen MR) is 87.1 cm³/mol. The van der Waals surface area contributed by atoms with Gasteiger partial charge in [-0.15, -0.1) is 0 Å². The molecule has 0 unspecified atom stereocenters. The van der Waals surface area contributed by atoms with Gasteiger partial charge in [-0.25, -0.2) is 0 Å². The maximum atomic E-state index is 12.6. The zero-order valence-corrected chi connectivity index (χ0v) is 13.5. The van der Waals surface area contributed by atoms with Crippen molar-refractivity contribution in [2.24, 2.45) is 0 Å². The van der Waals surface area contributed by atoms with Gasteiger partial charge in [0.2, 0.25) is 5.78 Å². The molecule has 3 rings (SSSR count). The second-order valence-corrected chi connectivity index (χ2v) is 6.15. The number of nitrogens with two attached hydrogens (primary N) is 1. The van der Waals surface area contributed by atoms with Crippen LogP contribution in [0.2, 0.25) is 0 Å². The Morgan fingerprint density at radius 1 is 1.05 bits per heavy atom. The van der Waals surface area contributed by atoms with Crippen LogP contribution in [0.1, 0.15) is 16.1 Å². The molecule has 0 aliphatic carbocycles. The van der Waals surface area contributed by atoms with Gasteiger partial charge in [0.15, 0.2) is 0 Å². The van der Waals surface area contributed by atoms with E-state index in [0.717, 1.165) is 14.5 Å². The second-order valence-electron chi connectivity index (χ2n) is 4.38. The lowest BCUT2D eigenvalue weighted by Crippen LogP contribution is -2.07. The smallest absolute Gasteiger partial charge is 0.209 e. The van der Waals surface area contributed by atoms with Crippen molar-refractivity contribution < 1.29 is 4.79 Å². The Balaban J connectivity index is 2.19. The number of pyridine rings is 1. The van der Waals surface area contributed by atoms with Crippen LogP contribution in [-0.4, -0.2) is 10.2 Å². The first-order chi connectivity index (χ1) is 9.58. The molecular formula is C15H10Br2N2O. The summed E-state index contributed by atoms with van der Waals surface area (Å²) in [5.41, 5.74) is 8.05. The van der Waals surface area contributed by atoms with Crippen molar-refractivity contribution >= 4 is 49.0 Å². The molecule has 3 aromatic rings. The number of halogens is 2. The number of aromatic nitrogens is 1. The van der Waals surface area contributed by atoms with E-state index >= 15 is 0 Å². The first-order valence-electron chi connectivity index (χ1n) is 5.93. The molecule has 0 fully saturated rings. The fourth-order valence-electron chi connectivity index (χ4n) is 2.16. The van der Waals surface area contributed by atoms with Crippen molar-refractivity contribution in [1.82, 2.24) is 4.40 Å². The summed E-state index contributed by atoms with van der Waals surface area (Å²) in [6.07, 6.45) is 0. The van der Waals surface area contributed by atoms with Crippen LogP contribution in [-0.2, 0) is 0 Å². The average Bonchev–Trinajstić information content (AvgIpc) is 2.78. The van der Waals surface area contributed by atoms with Gasteiger partial charge < -0.3 is 5.73 Å². The molecule has 100 valence electrons. The predicted octanol–water partition coefficient (Wildman–Crippen LogP) is 4.28. The van der Waals surface area contributed by atoms with Crippen molar-refractivity contribution in [1.29, 1.82) is 0 Å². The summed E-state index contributed by atoms with van der Waals surface area (Å²) >= 11 is 6.83. The Labute approximate surface area is 132 Å². The molecule has 2 heterocycles. The zero-order chi connectivity index (χ0) is 14.3. The molecular weight excluding hydrogens is 384 g/mol. The fourth-order valence-corrected chi connectivity index (χ4v) is 2.95. The summed E-state index contributed by atoms with van der Waals surface area (Å²) in [5, 5.41) is 0. The van der Waals surface area contributed by atoms with Gasteiger partial charge in [0, 0.05) is 14.5 Å². The van der Waals surface area contributed by atoms with Crippen molar-refractivity contribution in [2.45, 2.75) is 0 Å². The Hall–Kier alpha value is -1.59. The number of carbonyl (C=O) groups is 1. The lowest BCUT2D eigenvalue weighted by molar-refractivity contribution is 0.103. The van der Waals surface area contributed by atoms with Crippen LogP contribution in [0.25, 0.3) is 5.52 Å². The van der Waals surface area contributed by atoms with Gasteiger partial charge in [0.05, 0.1) is 11.2 Å². The summed E-state index contributed by atoms with van der Waals surface area (Å²) in [7, 11) is 0. The van der Waals surface area contributed by atoms with Crippen LogP contribution in [0.4, 0.5) is 5.82 Å². The molecule has 0 saturated carbocycles. The summed E-state index contributed by atoms with van der Waals surface area (Å²) in [5.74, 6) is 0.477. The summed E-state index contributed by atoms with van der Waals surface area (Å²) in [6, 6.07) is 14.6. The molecule has 0 aliphatic rings. The third-order valence-electron chi connectivity index (χ3n) is 3.11. The van der Waals surface area contributed by atoms with E-state index in [1.165, 1.54) is 0 Å². The highest BCUT2D eigenvalue weighted by Gasteiger charge is 2.17.